The minimum Gasteiger partial charge on any atom is -0.496 e. The maximum Gasteiger partial charge on any atom is 0.123 e. The average Bonchev–Trinajstić information content (AvgIpc) is 2.49. The molecule has 0 heterocycles. The van der Waals surface area contributed by atoms with E-state index in [9.17, 15) is 0 Å². The van der Waals surface area contributed by atoms with Crippen LogP contribution in [0.2, 0.25) is 0 Å². The van der Waals surface area contributed by atoms with Gasteiger partial charge in [-0.05, 0) is 31.7 Å². The summed E-state index contributed by atoms with van der Waals surface area (Å²) < 4.78 is 11.2. The molecule has 1 aromatic rings. The monoisotopic (exact) mass is 277 g/mol. The van der Waals surface area contributed by atoms with Gasteiger partial charge in [0.2, 0.25) is 0 Å². The van der Waals surface area contributed by atoms with Gasteiger partial charge in [0.1, 0.15) is 5.75 Å². The van der Waals surface area contributed by atoms with E-state index < -0.39 is 0 Å². The largest absolute Gasteiger partial charge is 0.496 e. The fourth-order valence-corrected chi connectivity index (χ4v) is 3.39. The summed E-state index contributed by atoms with van der Waals surface area (Å²) in [5.41, 5.74) is 8.78. The molecule has 0 radical (unpaired) electrons. The van der Waals surface area contributed by atoms with Crippen LogP contribution in [0.1, 0.15) is 49.3 Å². The topological polar surface area (TPSA) is 44.5 Å². The number of rotatable bonds is 5. The summed E-state index contributed by atoms with van der Waals surface area (Å²) in [6.07, 6.45) is 6.45. The van der Waals surface area contributed by atoms with E-state index in [-0.39, 0.29) is 12.1 Å². The van der Waals surface area contributed by atoms with E-state index >= 15 is 0 Å². The molecule has 1 aliphatic carbocycles. The van der Waals surface area contributed by atoms with Gasteiger partial charge in [-0.25, -0.2) is 0 Å². The molecule has 112 valence electrons. The first-order valence-corrected chi connectivity index (χ1v) is 7.60. The zero-order chi connectivity index (χ0) is 14.5. The summed E-state index contributed by atoms with van der Waals surface area (Å²) in [6, 6.07) is 6.05. The highest BCUT2D eigenvalue weighted by Gasteiger charge is 2.30. The number of hydrogen-bond donors (Lipinski definition) is 1. The molecule has 1 aromatic carbocycles. The van der Waals surface area contributed by atoms with Gasteiger partial charge >= 0.3 is 0 Å². The molecule has 0 aliphatic heterocycles. The quantitative estimate of drug-likeness (QED) is 0.894. The lowest BCUT2D eigenvalue weighted by Crippen LogP contribution is -2.36. The highest BCUT2D eigenvalue weighted by molar-refractivity contribution is 5.39. The van der Waals surface area contributed by atoms with Crippen LogP contribution in [0.4, 0.5) is 0 Å². The van der Waals surface area contributed by atoms with Crippen molar-refractivity contribution in [1.29, 1.82) is 0 Å². The molecule has 0 amide bonds. The number of nitrogens with two attached hydrogens (primary N) is 1. The highest BCUT2D eigenvalue weighted by Crippen LogP contribution is 2.36. The van der Waals surface area contributed by atoms with E-state index in [2.05, 4.69) is 19.1 Å². The van der Waals surface area contributed by atoms with Crippen LogP contribution in [-0.4, -0.2) is 20.3 Å². The van der Waals surface area contributed by atoms with Crippen LogP contribution in [0.15, 0.2) is 18.2 Å². The molecular weight excluding hydrogens is 250 g/mol. The van der Waals surface area contributed by atoms with Gasteiger partial charge in [0.15, 0.2) is 0 Å². The first-order chi connectivity index (χ1) is 9.67. The normalized spacial score (nSPS) is 19.6. The van der Waals surface area contributed by atoms with Crippen LogP contribution in [-0.2, 0) is 4.74 Å². The molecule has 20 heavy (non-hydrogen) atoms. The molecule has 2 atom stereocenters. The fraction of sp³-hybridized carbons (Fsp3) is 0.647. The van der Waals surface area contributed by atoms with E-state index in [0.717, 1.165) is 11.3 Å². The minimum absolute atomic E-state index is 0.0750. The predicted octanol–water partition coefficient (Wildman–Crippen LogP) is 3.60. The van der Waals surface area contributed by atoms with Crippen LogP contribution in [0.3, 0.4) is 0 Å². The third kappa shape index (κ3) is 3.33. The van der Waals surface area contributed by atoms with Gasteiger partial charge in [0, 0.05) is 12.7 Å². The molecule has 2 unspecified atom stereocenters. The molecule has 2 rings (SSSR count). The average molecular weight is 277 g/mol. The maximum absolute atomic E-state index is 6.52. The van der Waals surface area contributed by atoms with Crippen molar-refractivity contribution in [3.8, 4) is 5.75 Å². The van der Waals surface area contributed by atoms with Gasteiger partial charge < -0.3 is 15.2 Å². The third-order valence-corrected chi connectivity index (χ3v) is 4.48. The predicted molar refractivity (Wildman–Crippen MR) is 82.0 cm³/mol. The second-order valence-electron chi connectivity index (χ2n) is 5.87. The van der Waals surface area contributed by atoms with Gasteiger partial charge in [-0.15, -0.1) is 0 Å². The lowest BCUT2D eigenvalue weighted by molar-refractivity contribution is 0.0168. The number of hydrogen-bond acceptors (Lipinski definition) is 3. The Labute approximate surface area is 122 Å². The van der Waals surface area contributed by atoms with Crippen molar-refractivity contribution >= 4 is 0 Å². The number of methoxy groups -OCH3 is 2. The lowest BCUT2D eigenvalue weighted by atomic mass is 9.81. The van der Waals surface area contributed by atoms with E-state index in [0.29, 0.717) is 5.92 Å². The van der Waals surface area contributed by atoms with Crippen LogP contribution in [0, 0.1) is 12.8 Å². The molecule has 2 N–H and O–H groups in total. The fourth-order valence-electron chi connectivity index (χ4n) is 3.39. The summed E-state index contributed by atoms with van der Waals surface area (Å²) >= 11 is 0. The van der Waals surface area contributed by atoms with Gasteiger partial charge in [-0.2, -0.15) is 0 Å². The minimum atomic E-state index is -0.127. The van der Waals surface area contributed by atoms with Crippen LogP contribution in [0.25, 0.3) is 0 Å². The molecule has 1 aliphatic rings. The van der Waals surface area contributed by atoms with E-state index in [4.69, 9.17) is 15.2 Å². The Kier molecular flexibility index (Phi) is 5.44. The molecule has 0 bridgehead atoms. The summed E-state index contributed by atoms with van der Waals surface area (Å²) in [4.78, 5) is 0. The Morgan fingerprint density at radius 2 is 1.85 bits per heavy atom. The molecule has 0 aromatic heterocycles. The second-order valence-corrected chi connectivity index (χ2v) is 5.87. The smallest absolute Gasteiger partial charge is 0.123 e. The molecule has 3 heteroatoms. The van der Waals surface area contributed by atoms with Crippen molar-refractivity contribution < 1.29 is 9.47 Å². The Hall–Kier alpha value is -1.06. The lowest BCUT2D eigenvalue weighted by Gasteiger charge is -2.33. The Morgan fingerprint density at radius 1 is 1.15 bits per heavy atom. The SMILES string of the molecule is COc1ccc(C)cc1C(N)C(OC)C1CCCCC1. The first-order valence-electron chi connectivity index (χ1n) is 7.60. The molecular formula is C17H27NO2. The summed E-state index contributed by atoms with van der Waals surface area (Å²) in [7, 11) is 3.48. The van der Waals surface area contributed by atoms with E-state index in [1.807, 2.05) is 6.07 Å². The number of aryl methyl sites for hydroxylation is 1. The van der Waals surface area contributed by atoms with Gasteiger partial charge in [-0.3, -0.25) is 0 Å². The van der Waals surface area contributed by atoms with Gasteiger partial charge in [0.05, 0.1) is 19.3 Å². The van der Waals surface area contributed by atoms with Crippen molar-refractivity contribution in [1.82, 2.24) is 0 Å². The zero-order valence-electron chi connectivity index (χ0n) is 12.9. The standard InChI is InChI=1S/C17H27NO2/c1-12-9-10-15(19-2)14(11-12)16(18)17(20-3)13-7-5-4-6-8-13/h9-11,13,16-17H,4-8,18H2,1-3H3. The zero-order valence-corrected chi connectivity index (χ0v) is 12.9. The third-order valence-electron chi connectivity index (χ3n) is 4.48. The molecule has 1 fully saturated rings. The van der Waals surface area contributed by atoms with E-state index in [1.54, 1.807) is 14.2 Å². The van der Waals surface area contributed by atoms with Gasteiger partial charge in [0.25, 0.3) is 0 Å². The van der Waals surface area contributed by atoms with Crippen LogP contribution < -0.4 is 10.5 Å². The Bertz CT molecular complexity index is 427. The molecule has 0 spiro atoms. The molecule has 3 nitrogen and oxygen atoms in total. The molecule has 1 saturated carbocycles. The number of benzene rings is 1. The summed E-state index contributed by atoms with van der Waals surface area (Å²) in [5.74, 6) is 1.43. The van der Waals surface area contributed by atoms with Crippen LogP contribution in [0.5, 0.6) is 5.75 Å². The Morgan fingerprint density at radius 3 is 2.45 bits per heavy atom. The van der Waals surface area contributed by atoms with E-state index in [1.165, 1.54) is 37.7 Å². The maximum atomic E-state index is 6.52. The van der Waals surface area contributed by atoms with Crippen molar-refractivity contribution in [3.63, 3.8) is 0 Å². The van der Waals surface area contributed by atoms with Crippen LogP contribution >= 0.6 is 0 Å². The van der Waals surface area contributed by atoms with Gasteiger partial charge in [-0.1, -0.05) is 37.0 Å². The summed E-state index contributed by atoms with van der Waals surface area (Å²) in [6.45, 7) is 2.08. The highest BCUT2D eigenvalue weighted by atomic mass is 16.5. The number of ether oxygens (including phenoxy) is 2. The van der Waals surface area contributed by atoms with Crippen molar-refractivity contribution in [2.45, 2.75) is 51.2 Å². The Balaban J connectivity index is 2.22. The molecule has 0 saturated heterocycles. The van der Waals surface area contributed by atoms with Crippen molar-refractivity contribution in [2.75, 3.05) is 14.2 Å². The first kappa shape index (κ1) is 15.3. The summed E-state index contributed by atoms with van der Waals surface area (Å²) in [5, 5.41) is 0. The van der Waals surface area contributed by atoms with Crippen molar-refractivity contribution in [3.05, 3.63) is 29.3 Å². The second kappa shape index (κ2) is 7.09. The van der Waals surface area contributed by atoms with Crippen molar-refractivity contribution in [2.24, 2.45) is 11.7 Å².